The minimum Gasteiger partial charge on any atom is -0.352 e. The van der Waals surface area contributed by atoms with Crippen LogP contribution in [-0.2, 0) is 10.0 Å². The van der Waals surface area contributed by atoms with Gasteiger partial charge in [-0.25, -0.2) is 13.1 Å². The van der Waals surface area contributed by atoms with E-state index >= 15 is 0 Å². The Kier molecular flexibility index (Phi) is 8.62. The monoisotopic (exact) mass is 349 g/mol. The van der Waals surface area contributed by atoms with Gasteiger partial charge < -0.3 is 11.1 Å². The van der Waals surface area contributed by atoms with Crippen molar-refractivity contribution >= 4 is 28.3 Å². The molecule has 22 heavy (non-hydrogen) atoms. The van der Waals surface area contributed by atoms with E-state index in [9.17, 15) is 13.2 Å². The number of amides is 1. The molecule has 0 aliphatic rings. The number of hydrogen-bond donors (Lipinski definition) is 3. The summed E-state index contributed by atoms with van der Waals surface area (Å²) in [5.41, 5.74) is 6.71. The molecule has 8 heteroatoms. The minimum absolute atomic E-state index is 0. The van der Waals surface area contributed by atoms with Crippen LogP contribution in [0.2, 0.25) is 0 Å². The summed E-state index contributed by atoms with van der Waals surface area (Å²) in [4.78, 5) is 12.2. The van der Waals surface area contributed by atoms with Gasteiger partial charge in [-0.15, -0.1) is 12.4 Å². The number of aryl methyl sites for hydroxylation is 1. The van der Waals surface area contributed by atoms with Crippen molar-refractivity contribution in [1.29, 1.82) is 0 Å². The predicted octanol–water partition coefficient (Wildman–Crippen LogP) is 1.18. The van der Waals surface area contributed by atoms with E-state index in [0.717, 1.165) is 5.56 Å². The van der Waals surface area contributed by atoms with E-state index < -0.39 is 10.0 Å². The van der Waals surface area contributed by atoms with E-state index in [1.54, 1.807) is 19.9 Å². The normalized spacial score (nSPS) is 12.4. The van der Waals surface area contributed by atoms with Gasteiger partial charge in [0.15, 0.2) is 0 Å². The number of hydrogen-bond acceptors (Lipinski definition) is 4. The third-order valence-electron chi connectivity index (χ3n) is 2.98. The molecule has 1 amide bonds. The lowest BCUT2D eigenvalue weighted by Gasteiger charge is -2.11. The van der Waals surface area contributed by atoms with E-state index in [1.807, 2.05) is 6.92 Å². The van der Waals surface area contributed by atoms with Crippen LogP contribution in [0.4, 0.5) is 0 Å². The van der Waals surface area contributed by atoms with Crippen molar-refractivity contribution in [2.45, 2.75) is 38.1 Å². The molecule has 0 radical (unpaired) electrons. The molecule has 4 N–H and O–H groups in total. The van der Waals surface area contributed by atoms with Gasteiger partial charge in [-0.05, 0) is 38.0 Å². The zero-order valence-electron chi connectivity index (χ0n) is 13.0. The molecular formula is C14H24ClN3O3S. The van der Waals surface area contributed by atoms with E-state index in [0.29, 0.717) is 25.1 Å². The van der Waals surface area contributed by atoms with Crippen molar-refractivity contribution < 1.29 is 13.2 Å². The zero-order valence-corrected chi connectivity index (χ0v) is 14.7. The average Bonchev–Trinajstić information content (AvgIpc) is 2.38. The van der Waals surface area contributed by atoms with Crippen LogP contribution >= 0.6 is 12.4 Å². The summed E-state index contributed by atoms with van der Waals surface area (Å²) in [5, 5.41) is 2.75. The molecule has 1 unspecified atom stereocenters. The number of rotatable bonds is 7. The Morgan fingerprint density at radius 1 is 1.36 bits per heavy atom. The molecule has 126 valence electrons. The molecule has 0 bridgehead atoms. The third-order valence-corrected chi connectivity index (χ3v) is 4.53. The summed E-state index contributed by atoms with van der Waals surface area (Å²) in [6, 6.07) is 4.53. The van der Waals surface area contributed by atoms with E-state index in [-0.39, 0.29) is 29.3 Å². The smallest absolute Gasteiger partial charge is 0.251 e. The first kappa shape index (κ1) is 20.9. The molecule has 0 fully saturated rings. The lowest BCUT2D eigenvalue weighted by Crippen LogP contribution is -2.30. The van der Waals surface area contributed by atoms with Gasteiger partial charge in [-0.1, -0.05) is 13.0 Å². The van der Waals surface area contributed by atoms with Crippen molar-refractivity contribution in [2.24, 2.45) is 5.73 Å². The van der Waals surface area contributed by atoms with Gasteiger partial charge in [0, 0.05) is 24.7 Å². The van der Waals surface area contributed by atoms with Crippen LogP contribution in [0.25, 0.3) is 0 Å². The average molecular weight is 350 g/mol. The van der Waals surface area contributed by atoms with Crippen LogP contribution in [0, 0.1) is 6.92 Å². The molecule has 1 aromatic rings. The number of halogens is 1. The zero-order chi connectivity index (χ0) is 16.0. The number of sulfonamides is 1. The lowest BCUT2D eigenvalue weighted by atomic mass is 10.1. The van der Waals surface area contributed by atoms with Crippen molar-refractivity contribution in [1.82, 2.24) is 10.0 Å². The summed E-state index contributed by atoms with van der Waals surface area (Å²) < 4.78 is 26.3. The Hall–Kier alpha value is -1.15. The van der Waals surface area contributed by atoms with Crippen LogP contribution in [0.15, 0.2) is 23.1 Å². The van der Waals surface area contributed by atoms with Gasteiger partial charge >= 0.3 is 0 Å². The Morgan fingerprint density at radius 2 is 2.00 bits per heavy atom. The predicted molar refractivity (Wildman–Crippen MR) is 89.9 cm³/mol. The van der Waals surface area contributed by atoms with Crippen molar-refractivity contribution in [3.63, 3.8) is 0 Å². The highest BCUT2D eigenvalue weighted by atomic mass is 35.5. The number of carbonyl (C=O) groups is 1. The number of nitrogens with two attached hydrogens (primary N) is 1. The first-order valence-electron chi connectivity index (χ1n) is 6.92. The molecule has 0 heterocycles. The fraction of sp³-hybridized carbons (Fsp3) is 0.500. The van der Waals surface area contributed by atoms with Crippen LogP contribution in [0.5, 0.6) is 0 Å². The maximum atomic E-state index is 12.1. The highest BCUT2D eigenvalue weighted by molar-refractivity contribution is 7.89. The standard InChI is InChI=1S/C14H23N3O3S.ClH/c1-4-17-21(19,20)12-6-5-10(2)13(9-12)14(18)16-8-7-11(3)15;/h5-6,9,11,17H,4,7-8,15H2,1-3H3,(H,16,18);1H. The fourth-order valence-electron chi connectivity index (χ4n) is 1.79. The fourth-order valence-corrected chi connectivity index (χ4v) is 2.86. The summed E-state index contributed by atoms with van der Waals surface area (Å²) in [6.45, 7) is 6.09. The molecule has 1 rings (SSSR count). The molecule has 6 nitrogen and oxygen atoms in total. The molecular weight excluding hydrogens is 326 g/mol. The Balaban J connectivity index is 0.00000441. The molecule has 0 spiro atoms. The van der Waals surface area contributed by atoms with Crippen LogP contribution in [0.1, 0.15) is 36.2 Å². The van der Waals surface area contributed by atoms with Crippen LogP contribution in [-0.4, -0.2) is 33.5 Å². The Bertz CT molecular complexity index is 603. The van der Waals surface area contributed by atoms with Crippen molar-refractivity contribution in [3.05, 3.63) is 29.3 Å². The highest BCUT2D eigenvalue weighted by Gasteiger charge is 2.17. The highest BCUT2D eigenvalue weighted by Crippen LogP contribution is 2.15. The molecule has 0 aliphatic heterocycles. The number of nitrogens with one attached hydrogen (secondary N) is 2. The summed E-state index contributed by atoms with van der Waals surface area (Å²) in [7, 11) is -3.57. The lowest BCUT2D eigenvalue weighted by molar-refractivity contribution is 0.0952. The van der Waals surface area contributed by atoms with Crippen molar-refractivity contribution in [2.75, 3.05) is 13.1 Å². The first-order chi connectivity index (χ1) is 9.77. The molecule has 1 aromatic carbocycles. The minimum atomic E-state index is -3.57. The summed E-state index contributed by atoms with van der Waals surface area (Å²) >= 11 is 0. The van der Waals surface area contributed by atoms with Crippen LogP contribution < -0.4 is 15.8 Å². The van der Waals surface area contributed by atoms with Gasteiger partial charge in [0.1, 0.15) is 0 Å². The van der Waals surface area contributed by atoms with E-state index in [4.69, 9.17) is 5.73 Å². The van der Waals surface area contributed by atoms with Gasteiger partial charge in [0.2, 0.25) is 10.0 Å². The van der Waals surface area contributed by atoms with E-state index in [1.165, 1.54) is 12.1 Å². The first-order valence-corrected chi connectivity index (χ1v) is 8.40. The SMILES string of the molecule is CCNS(=O)(=O)c1ccc(C)c(C(=O)NCCC(C)N)c1.Cl. The quantitative estimate of drug-likeness (QED) is 0.688. The maximum Gasteiger partial charge on any atom is 0.251 e. The van der Waals surface area contributed by atoms with Crippen LogP contribution in [0.3, 0.4) is 0 Å². The second-order valence-corrected chi connectivity index (χ2v) is 6.77. The largest absolute Gasteiger partial charge is 0.352 e. The Labute approximate surface area is 138 Å². The summed E-state index contributed by atoms with van der Waals surface area (Å²) in [5.74, 6) is -0.290. The maximum absolute atomic E-state index is 12.1. The van der Waals surface area contributed by atoms with Gasteiger partial charge in [-0.2, -0.15) is 0 Å². The van der Waals surface area contributed by atoms with Gasteiger partial charge in [0.05, 0.1) is 4.90 Å². The van der Waals surface area contributed by atoms with Crippen molar-refractivity contribution in [3.8, 4) is 0 Å². The molecule has 0 aromatic heterocycles. The Morgan fingerprint density at radius 3 is 2.55 bits per heavy atom. The second-order valence-electron chi connectivity index (χ2n) is 5.00. The summed E-state index contributed by atoms with van der Waals surface area (Å²) in [6.07, 6.45) is 0.667. The topological polar surface area (TPSA) is 101 Å². The van der Waals surface area contributed by atoms with Gasteiger partial charge in [-0.3, -0.25) is 4.79 Å². The molecule has 1 atom stereocenters. The molecule has 0 aliphatic carbocycles. The molecule has 0 saturated heterocycles. The number of benzene rings is 1. The molecule has 0 saturated carbocycles. The third kappa shape index (κ3) is 5.92. The second kappa shape index (κ2) is 9.09. The van der Waals surface area contributed by atoms with Gasteiger partial charge in [0.25, 0.3) is 5.91 Å². The number of carbonyl (C=O) groups excluding carboxylic acids is 1. The van der Waals surface area contributed by atoms with E-state index in [2.05, 4.69) is 10.0 Å².